The van der Waals surface area contributed by atoms with E-state index in [1.165, 1.54) is 10.7 Å². The Hall–Kier alpha value is -2.00. The van der Waals surface area contributed by atoms with Crippen LogP contribution in [0.15, 0.2) is 53.4 Å². The normalized spacial score (nSPS) is 14.8. The third-order valence-electron chi connectivity index (χ3n) is 5.71. The zero-order valence-electron chi connectivity index (χ0n) is 18.0. The zero-order chi connectivity index (χ0) is 23.1. The second-order valence-electron chi connectivity index (χ2n) is 7.93. The Morgan fingerprint density at radius 3 is 2.41 bits per heavy atom. The van der Waals surface area contributed by atoms with Crippen LogP contribution in [0, 0.1) is 0 Å². The van der Waals surface area contributed by atoms with Crippen molar-refractivity contribution in [1.29, 1.82) is 0 Å². The lowest BCUT2D eigenvalue weighted by atomic mass is 9.96. The van der Waals surface area contributed by atoms with Crippen LogP contribution in [0.5, 0.6) is 0 Å². The molecule has 0 radical (unpaired) electrons. The van der Waals surface area contributed by atoms with Gasteiger partial charge in [0.15, 0.2) is 5.11 Å². The predicted molar refractivity (Wildman–Crippen MR) is 132 cm³/mol. The Kier molecular flexibility index (Phi) is 8.64. The van der Waals surface area contributed by atoms with Crippen molar-refractivity contribution in [3.63, 3.8) is 0 Å². The fourth-order valence-electron chi connectivity index (χ4n) is 3.82. The van der Waals surface area contributed by atoms with E-state index < -0.39 is 10.0 Å². The van der Waals surface area contributed by atoms with E-state index in [9.17, 15) is 13.2 Å². The van der Waals surface area contributed by atoms with Crippen LogP contribution in [0.1, 0.15) is 44.1 Å². The molecule has 0 atom stereocenters. The van der Waals surface area contributed by atoms with Crippen LogP contribution in [-0.2, 0) is 21.2 Å². The van der Waals surface area contributed by atoms with Crippen molar-refractivity contribution in [2.45, 2.75) is 55.9 Å². The average Bonchev–Trinajstić information content (AvgIpc) is 2.79. The van der Waals surface area contributed by atoms with Gasteiger partial charge >= 0.3 is 0 Å². The molecule has 1 aliphatic rings. The zero-order valence-corrected chi connectivity index (χ0v) is 20.4. The molecular weight excluding hydrogens is 466 g/mol. The van der Waals surface area contributed by atoms with Crippen molar-refractivity contribution >= 4 is 50.5 Å². The number of carbonyl (C=O) groups excluding carboxylic acids is 1. The number of halogens is 1. The van der Waals surface area contributed by atoms with Crippen LogP contribution in [0.3, 0.4) is 0 Å². The number of hydrogen-bond donors (Lipinski definition) is 2. The smallest absolute Gasteiger partial charge is 0.243 e. The molecule has 1 saturated carbocycles. The summed E-state index contributed by atoms with van der Waals surface area (Å²) in [6.07, 6.45) is 5.86. The van der Waals surface area contributed by atoms with Gasteiger partial charge in [-0.3, -0.25) is 4.79 Å². The van der Waals surface area contributed by atoms with Crippen LogP contribution in [0.2, 0.25) is 5.02 Å². The Bertz CT molecular complexity index is 1050. The molecular formula is C23H28ClN3O3S2. The van der Waals surface area contributed by atoms with E-state index in [0.717, 1.165) is 31.2 Å². The van der Waals surface area contributed by atoms with Gasteiger partial charge in [-0.05, 0) is 67.4 Å². The minimum atomic E-state index is -3.55. The maximum Gasteiger partial charge on any atom is 0.243 e. The number of nitrogens with zero attached hydrogens (tertiary/aromatic N) is 1. The van der Waals surface area contributed by atoms with Gasteiger partial charge in [-0.25, -0.2) is 8.42 Å². The topological polar surface area (TPSA) is 78.5 Å². The highest BCUT2D eigenvalue weighted by molar-refractivity contribution is 7.89. The third kappa shape index (κ3) is 6.51. The molecule has 0 saturated heterocycles. The Labute approximate surface area is 200 Å². The van der Waals surface area contributed by atoms with Gasteiger partial charge in [0.1, 0.15) is 0 Å². The van der Waals surface area contributed by atoms with Gasteiger partial charge in [-0.2, -0.15) is 4.31 Å². The number of carbonyl (C=O) groups is 1. The molecule has 2 aromatic carbocycles. The van der Waals surface area contributed by atoms with Crippen molar-refractivity contribution < 1.29 is 13.2 Å². The first-order valence-electron chi connectivity index (χ1n) is 10.7. The van der Waals surface area contributed by atoms with Crippen LogP contribution >= 0.6 is 23.8 Å². The minimum Gasteiger partial charge on any atom is -0.332 e. The lowest BCUT2D eigenvalue weighted by Gasteiger charge is -2.30. The van der Waals surface area contributed by atoms with Gasteiger partial charge in [0, 0.05) is 30.2 Å². The van der Waals surface area contributed by atoms with Crippen LogP contribution in [-0.4, -0.2) is 36.8 Å². The fourth-order valence-corrected chi connectivity index (χ4v) is 5.70. The van der Waals surface area contributed by atoms with Crippen LogP contribution in [0.4, 0.5) is 5.69 Å². The Morgan fingerprint density at radius 1 is 1.09 bits per heavy atom. The first-order valence-corrected chi connectivity index (χ1v) is 12.9. The standard InChI is InChI=1S/C23H28ClN3O3S2/c1-27(19-8-3-2-4-9-19)32(29,30)20-14-12-18(13-15-20)25-23(31)26-22(28)16-11-17-7-5-6-10-21(17)24/h5-7,10,12-15,19H,2-4,8-9,11,16H2,1H3,(H2,25,26,28,31). The van der Waals surface area contributed by atoms with Crippen molar-refractivity contribution in [1.82, 2.24) is 9.62 Å². The number of aryl methyl sites for hydroxylation is 1. The average molecular weight is 494 g/mol. The lowest BCUT2D eigenvalue weighted by molar-refractivity contribution is -0.119. The number of nitrogens with one attached hydrogen (secondary N) is 2. The molecule has 0 aliphatic heterocycles. The van der Waals surface area contributed by atoms with Gasteiger partial charge in [0.05, 0.1) is 4.90 Å². The third-order valence-corrected chi connectivity index (χ3v) is 8.21. The number of anilines is 1. The molecule has 0 aromatic heterocycles. The van der Waals surface area contributed by atoms with Crippen LogP contribution < -0.4 is 10.6 Å². The molecule has 32 heavy (non-hydrogen) atoms. The number of rotatable bonds is 7. The summed E-state index contributed by atoms with van der Waals surface area (Å²) in [5, 5.41) is 6.34. The molecule has 2 N–H and O–H groups in total. The number of hydrogen-bond acceptors (Lipinski definition) is 4. The number of thiocarbonyl (C=S) groups is 1. The molecule has 0 unspecified atom stereocenters. The maximum absolute atomic E-state index is 12.9. The SMILES string of the molecule is CN(C1CCCCC1)S(=O)(=O)c1ccc(NC(=S)NC(=O)CCc2ccccc2Cl)cc1. The Balaban J connectivity index is 1.52. The highest BCUT2D eigenvalue weighted by atomic mass is 35.5. The number of benzene rings is 2. The summed E-state index contributed by atoms with van der Waals surface area (Å²) in [5.41, 5.74) is 1.50. The highest BCUT2D eigenvalue weighted by Gasteiger charge is 2.28. The second kappa shape index (κ2) is 11.2. The summed E-state index contributed by atoms with van der Waals surface area (Å²) < 4.78 is 27.4. The van der Waals surface area contributed by atoms with E-state index in [1.54, 1.807) is 37.4 Å². The van der Waals surface area contributed by atoms with Crippen molar-refractivity contribution in [2.24, 2.45) is 0 Å². The highest BCUT2D eigenvalue weighted by Crippen LogP contribution is 2.27. The molecule has 1 fully saturated rings. The second-order valence-corrected chi connectivity index (χ2v) is 10.7. The van der Waals surface area contributed by atoms with Crippen LogP contribution in [0.25, 0.3) is 0 Å². The molecule has 3 rings (SSSR count). The molecule has 2 aromatic rings. The summed E-state index contributed by atoms with van der Waals surface area (Å²) in [6, 6.07) is 13.8. The quantitative estimate of drug-likeness (QED) is 0.545. The van der Waals surface area contributed by atoms with E-state index in [0.29, 0.717) is 17.1 Å². The largest absolute Gasteiger partial charge is 0.332 e. The monoisotopic (exact) mass is 493 g/mol. The molecule has 1 aliphatic carbocycles. The van der Waals surface area contributed by atoms with E-state index in [2.05, 4.69) is 10.6 Å². The van der Waals surface area contributed by atoms with Crippen molar-refractivity contribution in [3.05, 3.63) is 59.1 Å². The van der Waals surface area contributed by atoms with E-state index in [4.69, 9.17) is 23.8 Å². The maximum atomic E-state index is 12.9. The first kappa shape index (κ1) is 24.6. The molecule has 172 valence electrons. The molecule has 1 amide bonds. The number of sulfonamides is 1. The van der Waals surface area contributed by atoms with Gasteiger partial charge in [0.2, 0.25) is 15.9 Å². The van der Waals surface area contributed by atoms with Crippen molar-refractivity contribution in [3.8, 4) is 0 Å². The molecule has 0 heterocycles. The van der Waals surface area contributed by atoms with Crippen molar-refractivity contribution in [2.75, 3.05) is 12.4 Å². The summed E-state index contributed by atoms with van der Waals surface area (Å²) in [7, 11) is -1.89. The summed E-state index contributed by atoms with van der Waals surface area (Å²) in [4.78, 5) is 12.4. The predicted octanol–water partition coefficient (Wildman–Crippen LogP) is 4.74. The summed E-state index contributed by atoms with van der Waals surface area (Å²) >= 11 is 11.3. The fraction of sp³-hybridized carbons (Fsp3) is 0.391. The Morgan fingerprint density at radius 2 is 1.75 bits per heavy atom. The molecule has 9 heteroatoms. The van der Waals surface area contributed by atoms with E-state index in [-0.39, 0.29) is 28.4 Å². The molecule has 0 bridgehead atoms. The lowest BCUT2D eigenvalue weighted by Crippen LogP contribution is -2.38. The number of amides is 1. The molecule has 6 nitrogen and oxygen atoms in total. The van der Waals surface area contributed by atoms with Gasteiger partial charge in [-0.1, -0.05) is 49.1 Å². The summed E-state index contributed by atoms with van der Waals surface area (Å²) in [6.45, 7) is 0. The van der Waals surface area contributed by atoms with Gasteiger partial charge in [0.25, 0.3) is 0 Å². The summed E-state index contributed by atoms with van der Waals surface area (Å²) in [5.74, 6) is -0.226. The van der Waals surface area contributed by atoms with Gasteiger partial charge < -0.3 is 10.6 Å². The first-order chi connectivity index (χ1) is 15.3. The molecule has 0 spiro atoms. The minimum absolute atomic E-state index is 0.0557. The van der Waals surface area contributed by atoms with E-state index >= 15 is 0 Å². The van der Waals surface area contributed by atoms with Gasteiger partial charge in [-0.15, -0.1) is 0 Å². The van der Waals surface area contributed by atoms with E-state index in [1.807, 2.05) is 18.2 Å².